The molecule has 0 aromatic carbocycles. The number of rotatable bonds is 16. The van der Waals surface area contributed by atoms with Gasteiger partial charge >= 0.3 is 0 Å². The molecule has 0 bridgehead atoms. The molecule has 0 spiro atoms. The minimum atomic E-state index is -0.771. The van der Waals surface area contributed by atoms with Crippen LogP contribution in [-0.2, 0) is 9.59 Å². The summed E-state index contributed by atoms with van der Waals surface area (Å²) in [5, 5.41) is 19.9. The summed E-state index contributed by atoms with van der Waals surface area (Å²) in [5.41, 5.74) is 16.4. The Bertz CT molecular complexity index is 452. The molecule has 1 aliphatic heterocycles. The lowest BCUT2D eigenvalue weighted by Crippen LogP contribution is -2.61. The zero-order valence-corrected chi connectivity index (χ0v) is 18.0. The van der Waals surface area contributed by atoms with Gasteiger partial charge in [-0.05, 0) is 13.0 Å². The fourth-order valence-corrected chi connectivity index (χ4v) is 3.08. The van der Waals surface area contributed by atoms with Crippen LogP contribution in [0.3, 0.4) is 0 Å². The van der Waals surface area contributed by atoms with Crippen molar-refractivity contribution in [3.05, 3.63) is 0 Å². The Hall–Kier alpha value is -1.38. The van der Waals surface area contributed by atoms with Crippen LogP contribution in [0.1, 0.15) is 19.3 Å². The van der Waals surface area contributed by atoms with Gasteiger partial charge in [-0.15, -0.1) is 0 Å². The van der Waals surface area contributed by atoms with E-state index in [1.54, 1.807) is 14.7 Å². The Balaban J connectivity index is 2.65. The second kappa shape index (κ2) is 16.3. The number of carbonyl (C=O) groups is 2. The van der Waals surface area contributed by atoms with Gasteiger partial charge in [-0.1, -0.05) is 0 Å². The molecule has 0 saturated carbocycles. The van der Waals surface area contributed by atoms with Crippen molar-refractivity contribution in [3.8, 4) is 0 Å². The summed E-state index contributed by atoms with van der Waals surface area (Å²) in [6, 6.07) is 0. The van der Waals surface area contributed by atoms with Gasteiger partial charge in [0.15, 0.2) is 0 Å². The third-order valence-electron chi connectivity index (χ3n) is 4.75. The Morgan fingerprint density at radius 3 is 1.60 bits per heavy atom. The monoisotopic (exact) mass is 431 g/mol. The third-order valence-corrected chi connectivity index (χ3v) is 4.75. The predicted molar refractivity (Wildman–Crippen MR) is 116 cm³/mol. The SMILES string of the molecule is NCCNCCC(=O)N1CN(C(=O)CCNCCN)CN(C(O)CCNCCN)C1. The first-order valence-electron chi connectivity index (χ1n) is 10.7. The molecule has 1 unspecified atom stereocenters. The third kappa shape index (κ3) is 10.6. The van der Waals surface area contributed by atoms with E-state index in [9.17, 15) is 14.7 Å². The number of aliphatic hydroxyl groups excluding tert-OH is 1. The molecule has 1 heterocycles. The van der Waals surface area contributed by atoms with Crippen LogP contribution in [0.4, 0.5) is 0 Å². The number of nitrogens with one attached hydrogen (secondary N) is 3. The maximum Gasteiger partial charge on any atom is 0.226 e. The molecule has 1 aliphatic rings. The van der Waals surface area contributed by atoms with Crippen molar-refractivity contribution in [2.75, 3.05) is 78.9 Å². The molecular formula is C18H41N9O3. The van der Waals surface area contributed by atoms with Crippen molar-refractivity contribution >= 4 is 11.8 Å². The van der Waals surface area contributed by atoms with Crippen LogP contribution in [0.5, 0.6) is 0 Å². The van der Waals surface area contributed by atoms with E-state index in [2.05, 4.69) is 16.0 Å². The highest BCUT2D eigenvalue weighted by Gasteiger charge is 2.31. The fourth-order valence-electron chi connectivity index (χ4n) is 3.08. The summed E-state index contributed by atoms with van der Waals surface area (Å²) in [6.45, 7) is 5.95. The van der Waals surface area contributed by atoms with Gasteiger partial charge in [-0.2, -0.15) is 0 Å². The molecule has 0 aromatic heterocycles. The fraction of sp³-hybridized carbons (Fsp3) is 0.889. The highest BCUT2D eigenvalue weighted by Crippen LogP contribution is 2.14. The summed E-state index contributed by atoms with van der Waals surface area (Å²) < 4.78 is 0. The van der Waals surface area contributed by atoms with E-state index in [0.717, 1.165) is 0 Å². The second-order valence-corrected chi connectivity index (χ2v) is 7.27. The Kier molecular flexibility index (Phi) is 14.5. The lowest BCUT2D eigenvalue weighted by molar-refractivity contribution is -0.162. The smallest absolute Gasteiger partial charge is 0.226 e. The van der Waals surface area contributed by atoms with Crippen molar-refractivity contribution in [2.24, 2.45) is 17.2 Å². The summed E-state index contributed by atoms with van der Waals surface area (Å²) in [4.78, 5) is 30.3. The zero-order valence-electron chi connectivity index (χ0n) is 18.0. The van der Waals surface area contributed by atoms with E-state index >= 15 is 0 Å². The van der Waals surface area contributed by atoms with E-state index in [-0.39, 0.29) is 31.8 Å². The van der Waals surface area contributed by atoms with Crippen LogP contribution < -0.4 is 33.2 Å². The zero-order chi connectivity index (χ0) is 22.2. The van der Waals surface area contributed by atoms with Gasteiger partial charge in [0.2, 0.25) is 11.8 Å². The first-order valence-corrected chi connectivity index (χ1v) is 10.7. The maximum absolute atomic E-state index is 12.7. The van der Waals surface area contributed by atoms with E-state index in [1.807, 2.05) is 0 Å². The molecule has 1 saturated heterocycles. The number of aliphatic hydroxyl groups is 1. The highest BCUT2D eigenvalue weighted by molar-refractivity contribution is 5.79. The number of hydrogen-bond acceptors (Lipinski definition) is 10. The first-order chi connectivity index (χ1) is 14.5. The van der Waals surface area contributed by atoms with E-state index in [0.29, 0.717) is 78.2 Å². The summed E-state index contributed by atoms with van der Waals surface area (Å²) in [7, 11) is 0. The molecule has 0 aromatic rings. The molecule has 0 aliphatic carbocycles. The Labute approximate surface area is 179 Å². The van der Waals surface area contributed by atoms with Crippen LogP contribution >= 0.6 is 0 Å². The molecule has 10 N–H and O–H groups in total. The Morgan fingerprint density at radius 2 is 1.17 bits per heavy atom. The summed E-state index contributed by atoms with van der Waals surface area (Å²) in [6.07, 6.45) is 0.316. The maximum atomic E-state index is 12.7. The van der Waals surface area contributed by atoms with E-state index in [1.165, 1.54) is 0 Å². The van der Waals surface area contributed by atoms with Crippen molar-refractivity contribution in [3.63, 3.8) is 0 Å². The first kappa shape index (κ1) is 26.7. The van der Waals surface area contributed by atoms with Crippen LogP contribution in [0.2, 0.25) is 0 Å². The van der Waals surface area contributed by atoms with Gasteiger partial charge in [0, 0.05) is 65.2 Å². The molecule has 30 heavy (non-hydrogen) atoms. The minimum Gasteiger partial charge on any atom is -0.378 e. The Morgan fingerprint density at radius 1 is 0.733 bits per heavy atom. The van der Waals surface area contributed by atoms with Gasteiger partial charge in [0.25, 0.3) is 0 Å². The van der Waals surface area contributed by atoms with Crippen molar-refractivity contribution in [2.45, 2.75) is 25.5 Å². The largest absolute Gasteiger partial charge is 0.378 e. The van der Waals surface area contributed by atoms with Crippen LogP contribution in [0.25, 0.3) is 0 Å². The average molecular weight is 432 g/mol. The van der Waals surface area contributed by atoms with E-state index in [4.69, 9.17) is 17.2 Å². The number of carbonyl (C=O) groups excluding carboxylic acids is 2. The molecule has 12 heteroatoms. The normalized spacial score (nSPS) is 16.1. The number of nitrogens with two attached hydrogens (primary N) is 3. The van der Waals surface area contributed by atoms with Crippen molar-refractivity contribution < 1.29 is 14.7 Å². The van der Waals surface area contributed by atoms with Crippen LogP contribution in [0, 0.1) is 0 Å². The quantitative estimate of drug-likeness (QED) is 0.119. The molecular weight excluding hydrogens is 390 g/mol. The highest BCUT2D eigenvalue weighted by atomic mass is 16.3. The standard InChI is InChI=1S/C18H41N9O3/c19-4-10-22-7-1-16(28)25-13-26(17(29)2-8-23-11-5-20)15-27(14-25)18(30)3-9-24-12-6-21/h16,22-24,28H,1-15,19-21H2. The molecule has 1 fully saturated rings. The molecule has 0 radical (unpaired) electrons. The van der Waals surface area contributed by atoms with Gasteiger partial charge in [-0.3, -0.25) is 9.59 Å². The van der Waals surface area contributed by atoms with Crippen molar-refractivity contribution in [1.29, 1.82) is 0 Å². The minimum absolute atomic E-state index is 0.0725. The molecule has 12 nitrogen and oxygen atoms in total. The molecule has 176 valence electrons. The number of hydrogen-bond donors (Lipinski definition) is 7. The number of amides is 2. The molecule has 1 atom stereocenters. The van der Waals surface area contributed by atoms with Crippen LogP contribution in [0.15, 0.2) is 0 Å². The van der Waals surface area contributed by atoms with Gasteiger partial charge < -0.3 is 48.1 Å². The number of nitrogens with zero attached hydrogens (tertiary/aromatic N) is 3. The van der Waals surface area contributed by atoms with Crippen LogP contribution in [-0.4, -0.2) is 117 Å². The van der Waals surface area contributed by atoms with Crippen molar-refractivity contribution in [1.82, 2.24) is 30.7 Å². The lowest BCUT2D eigenvalue weighted by Gasteiger charge is -2.44. The van der Waals surface area contributed by atoms with Gasteiger partial charge in [0.05, 0.1) is 20.0 Å². The molecule has 1 rings (SSSR count). The van der Waals surface area contributed by atoms with E-state index < -0.39 is 6.23 Å². The topological polar surface area (TPSA) is 178 Å². The summed E-state index contributed by atoms with van der Waals surface area (Å²) in [5.74, 6) is -0.145. The molecule has 2 amide bonds. The second-order valence-electron chi connectivity index (χ2n) is 7.27. The predicted octanol–water partition coefficient (Wildman–Crippen LogP) is -4.03. The average Bonchev–Trinajstić information content (AvgIpc) is 2.76. The lowest BCUT2D eigenvalue weighted by atomic mass is 10.3. The summed E-state index contributed by atoms with van der Waals surface area (Å²) >= 11 is 0. The van der Waals surface area contributed by atoms with Gasteiger partial charge in [0.1, 0.15) is 6.23 Å². The van der Waals surface area contributed by atoms with Gasteiger partial charge in [-0.25, -0.2) is 4.90 Å².